The second-order valence-electron chi connectivity index (χ2n) is 5.13. The number of carbonyl (C=O) groups is 2. The predicted molar refractivity (Wildman–Crippen MR) is 76.2 cm³/mol. The van der Waals surface area contributed by atoms with Gasteiger partial charge in [-0.3, -0.25) is 9.59 Å². The van der Waals surface area contributed by atoms with Crippen LogP contribution in [0.25, 0.3) is 0 Å². The molecule has 0 saturated carbocycles. The number of nitrogens with zero attached hydrogens (tertiary/aromatic N) is 1. The molecule has 1 aliphatic rings. The molecule has 0 radical (unpaired) electrons. The van der Waals surface area contributed by atoms with Crippen molar-refractivity contribution >= 4 is 17.5 Å². The number of benzene rings is 1. The van der Waals surface area contributed by atoms with Gasteiger partial charge in [-0.25, -0.2) is 0 Å². The zero-order valence-corrected chi connectivity index (χ0v) is 11.6. The molecular formula is C15H20N2O3. The Morgan fingerprint density at radius 3 is 2.95 bits per heavy atom. The molecule has 1 heterocycles. The van der Waals surface area contributed by atoms with Crippen LogP contribution < -0.4 is 5.32 Å². The van der Waals surface area contributed by atoms with Crippen LogP contribution in [-0.2, 0) is 16.0 Å². The fourth-order valence-corrected chi connectivity index (χ4v) is 2.41. The molecule has 0 bridgehead atoms. The Bertz CT molecular complexity index is 502. The maximum atomic E-state index is 12.0. The lowest BCUT2D eigenvalue weighted by molar-refractivity contribution is -0.131. The van der Waals surface area contributed by atoms with Crippen LogP contribution in [0.5, 0.6) is 0 Å². The molecule has 1 aromatic rings. The van der Waals surface area contributed by atoms with E-state index in [1.165, 1.54) is 4.90 Å². The number of hydrogen-bond acceptors (Lipinski definition) is 3. The van der Waals surface area contributed by atoms with Crippen molar-refractivity contribution in [2.24, 2.45) is 5.92 Å². The number of rotatable bonds is 5. The van der Waals surface area contributed by atoms with Crippen LogP contribution in [0.15, 0.2) is 24.3 Å². The Balaban J connectivity index is 1.91. The first kappa shape index (κ1) is 14.5. The molecule has 5 heteroatoms. The molecule has 2 rings (SSSR count). The minimum Gasteiger partial charge on any atom is -0.395 e. The van der Waals surface area contributed by atoms with Gasteiger partial charge in [0.1, 0.15) is 0 Å². The smallest absolute Gasteiger partial charge is 0.227 e. The highest BCUT2D eigenvalue weighted by Crippen LogP contribution is 2.27. The molecule has 2 amide bonds. The number of hydrogen-bond donors (Lipinski definition) is 2. The SMILES string of the molecule is CN(CCO)C(=O)CCC1Cc2ccccc2NC1=O. The number of amides is 2. The summed E-state index contributed by atoms with van der Waals surface area (Å²) in [6.07, 6.45) is 1.55. The standard InChI is InChI=1S/C15H20N2O3/c1-17(8-9-18)14(19)7-6-12-10-11-4-2-3-5-13(11)16-15(12)20/h2-5,12,18H,6-10H2,1H3,(H,16,20). The number of nitrogens with one attached hydrogen (secondary N) is 1. The third-order valence-electron chi connectivity index (χ3n) is 3.68. The number of fused-ring (bicyclic) bond motifs is 1. The third-order valence-corrected chi connectivity index (χ3v) is 3.68. The Labute approximate surface area is 118 Å². The molecule has 0 fully saturated rings. The van der Waals surface area contributed by atoms with E-state index in [1.807, 2.05) is 24.3 Å². The van der Waals surface area contributed by atoms with Gasteiger partial charge in [0, 0.05) is 31.6 Å². The highest BCUT2D eigenvalue weighted by molar-refractivity contribution is 5.96. The Morgan fingerprint density at radius 2 is 2.20 bits per heavy atom. The van der Waals surface area contributed by atoms with Crippen LogP contribution in [0.1, 0.15) is 18.4 Å². The van der Waals surface area contributed by atoms with Crippen molar-refractivity contribution < 1.29 is 14.7 Å². The van der Waals surface area contributed by atoms with Gasteiger partial charge in [0.15, 0.2) is 0 Å². The van der Waals surface area contributed by atoms with Crippen LogP contribution in [0.2, 0.25) is 0 Å². The van der Waals surface area contributed by atoms with E-state index in [0.717, 1.165) is 11.3 Å². The summed E-state index contributed by atoms with van der Waals surface area (Å²) in [4.78, 5) is 25.3. The van der Waals surface area contributed by atoms with Crippen molar-refractivity contribution in [2.45, 2.75) is 19.3 Å². The summed E-state index contributed by atoms with van der Waals surface area (Å²) in [5.74, 6) is -0.205. The Hall–Kier alpha value is -1.88. The lowest BCUT2D eigenvalue weighted by atomic mass is 9.89. The molecule has 1 unspecified atom stereocenters. The van der Waals surface area contributed by atoms with Crippen molar-refractivity contribution in [3.8, 4) is 0 Å². The van der Waals surface area contributed by atoms with E-state index in [1.54, 1.807) is 7.05 Å². The lowest BCUT2D eigenvalue weighted by Crippen LogP contribution is -2.33. The van der Waals surface area contributed by atoms with Gasteiger partial charge in [-0.2, -0.15) is 0 Å². The zero-order chi connectivity index (χ0) is 14.5. The normalized spacial score (nSPS) is 17.3. The molecule has 108 valence electrons. The van der Waals surface area contributed by atoms with Crippen LogP contribution in [0.3, 0.4) is 0 Å². The van der Waals surface area contributed by atoms with Gasteiger partial charge in [0.2, 0.25) is 11.8 Å². The fourth-order valence-electron chi connectivity index (χ4n) is 2.41. The summed E-state index contributed by atoms with van der Waals surface area (Å²) < 4.78 is 0. The fraction of sp³-hybridized carbons (Fsp3) is 0.467. The van der Waals surface area contributed by atoms with Crippen molar-refractivity contribution in [3.63, 3.8) is 0 Å². The zero-order valence-electron chi connectivity index (χ0n) is 11.6. The molecule has 5 nitrogen and oxygen atoms in total. The second-order valence-corrected chi connectivity index (χ2v) is 5.13. The highest BCUT2D eigenvalue weighted by atomic mass is 16.3. The first-order valence-corrected chi connectivity index (χ1v) is 6.85. The van der Waals surface area contributed by atoms with Crippen molar-refractivity contribution in [2.75, 3.05) is 25.5 Å². The van der Waals surface area contributed by atoms with Crippen LogP contribution in [0, 0.1) is 5.92 Å². The summed E-state index contributed by atoms with van der Waals surface area (Å²) in [7, 11) is 1.66. The molecule has 1 atom stereocenters. The minimum absolute atomic E-state index is 0.0127. The third kappa shape index (κ3) is 3.36. The molecule has 2 N–H and O–H groups in total. The van der Waals surface area contributed by atoms with E-state index in [-0.39, 0.29) is 24.3 Å². The average molecular weight is 276 g/mol. The molecule has 1 aliphatic heterocycles. The maximum absolute atomic E-state index is 12.0. The van der Waals surface area contributed by atoms with Crippen LogP contribution in [-0.4, -0.2) is 42.0 Å². The second kappa shape index (κ2) is 6.52. The number of anilines is 1. The molecule has 0 saturated heterocycles. The molecular weight excluding hydrogens is 256 g/mol. The Kier molecular flexibility index (Phi) is 4.74. The summed E-state index contributed by atoms with van der Waals surface area (Å²) in [5.41, 5.74) is 1.99. The van der Waals surface area contributed by atoms with Crippen molar-refractivity contribution in [3.05, 3.63) is 29.8 Å². The maximum Gasteiger partial charge on any atom is 0.227 e. The summed E-state index contributed by atoms with van der Waals surface area (Å²) >= 11 is 0. The number of aliphatic hydroxyl groups is 1. The van der Waals surface area contributed by atoms with Crippen LogP contribution >= 0.6 is 0 Å². The average Bonchev–Trinajstić information content (AvgIpc) is 2.45. The molecule has 1 aromatic carbocycles. The quantitative estimate of drug-likeness (QED) is 0.844. The van der Waals surface area contributed by atoms with E-state index >= 15 is 0 Å². The summed E-state index contributed by atoms with van der Waals surface area (Å²) in [6, 6.07) is 7.74. The number of para-hydroxylation sites is 1. The number of carbonyl (C=O) groups excluding carboxylic acids is 2. The minimum atomic E-state index is -0.156. The van der Waals surface area contributed by atoms with E-state index in [0.29, 0.717) is 25.8 Å². The van der Waals surface area contributed by atoms with Gasteiger partial charge in [-0.05, 0) is 24.5 Å². The van der Waals surface area contributed by atoms with Crippen molar-refractivity contribution in [1.82, 2.24) is 4.90 Å². The van der Waals surface area contributed by atoms with E-state index in [4.69, 9.17) is 5.11 Å². The monoisotopic (exact) mass is 276 g/mol. The molecule has 0 spiro atoms. The summed E-state index contributed by atoms with van der Waals surface area (Å²) in [5, 5.41) is 11.7. The van der Waals surface area contributed by atoms with E-state index in [9.17, 15) is 9.59 Å². The number of likely N-dealkylation sites (N-methyl/N-ethyl adjacent to an activating group) is 1. The van der Waals surface area contributed by atoms with Gasteiger partial charge in [0.05, 0.1) is 6.61 Å². The topological polar surface area (TPSA) is 69.6 Å². The molecule has 20 heavy (non-hydrogen) atoms. The first-order valence-electron chi connectivity index (χ1n) is 6.85. The Morgan fingerprint density at radius 1 is 1.45 bits per heavy atom. The largest absolute Gasteiger partial charge is 0.395 e. The van der Waals surface area contributed by atoms with Crippen molar-refractivity contribution in [1.29, 1.82) is 0 Å². The first-order chi connectivity index (χ1) is 9.61. The predicted octanol–water partition coefficient (Wildman–Crippen LogP) is 1.03. The summed E-state index contributed by atoms with van der Waals surface area (Å²) in [6.45, 7) is 0.290. The lowest BCUT2D eigenvalue weighted by Gasteiger charge is -2.25. The molecule has 0 aromatic heterocycles. The highest BCUT2D eigenvalue weighted by Gasteiger charge is 2.26. The van der Waals surface area contributed by atoms with Gasteiger partial charge < -0.3 is 15.3 Å². The number of aliphatic hydroxyl groups excluding tert-OH is 1. The van der Waals surface area contributed by atoms with Gasteiger partial charge >= 0.3 is 0 Å². The molecule has 0 aliphatic carbocycles. The van der Waals surface area contributed by atoms with E-state index in [2.05, 4.69) is 5.32 Å². The van der Waals surface area contributed by atoms with E-state index < -0.39 is 0 Å². The van der Waals surface area contributed by atoms with Gasteiger partial charge in [-0.15, -0.1) is 0 Å². The van der Waals surface area contributed by atoms with Gasteiger partial charge in [0.25, 0.3) is 0 Å². The van der Waals surface area contributed by atoms with Crippen LogP contribution in [0.4, 0.5) is 5.69 Å². The van der Waals surface area contributed by atoms with Gasteiger partial charge in [-0.1, -0.05) is 18.2 Å².